The van der Waals surface area contributed by atoms with Gasteiger partial charge in [-0.05, 0) is 31.0 Å². The van der Waals surface area contributed by atoms with Gasteiger partial charge in [-0.25, -0.2) is 0 Å². The largest absolute Gasteiger partial charge is 0.306 e. The molecule has 1 atom stereocenters. The number of thioether (sulfide) groups is 1. The summed E-state index contributed by atoms with van der Waals surface area (Å²) in [5, 5.41) is 11.3. The highest BCUT2D eigenvalue weighted by molar-refractivity contribution is 8.00. The van der Waals surface area contributed by atoms with E-state index in [0.29, 0.717) is 29.2 Å². The lowest BCUT2D eigenvalue weighted by Gasteiger charge is -2.48. The first-order valence-corrected chi connectivity index (χ1v) is 12.3. The molecular weight excluding hydrogens is 458 g/mol. The molecule has 8 nitrogen and oxygen atoms in total. The molecule has 2 aliphatic rings. The number of rotatable bonds is 6. The van der Waals surface area contributed by atoms with Crippen molar-refractivity contribution in [1.82, 2.24) is 15.1 Å². The fourth-order valence-corrected chi connectivity index (χ4v) is 6.01. The minimum Gasteiger partial charge on any atom is -0.306 e. The van der Waals surface area contributed by atoms with E-state index >= 15 is 0 Å². The molecule has 3 amide bonds. The number of nitrogens with one attached hydrogen (secondary N) is 1. The zero-order valence-corrected chi connectivity index (χ0v) is 19.5. The number of hydrogen-bond acceptors (Lipinski definition) is 7. The normalized spacial score (nSPS) is 19.4. The van der Waals surface area contributed by atoms with Crippen molar-refractivity contribution in [2.24, 2.45) is 0 Å². The predicted octanol–water partition coefficient (Wildman–Crippen LogP) is 3.77. The van der Waals surface area contributed by atoms with Crippen LogP contribution >= 0.6 is 23.1 Å². The number of fused-ring (bicyclic) bond motifs is 3. The van der Waals surface area contributed by atoms with Crippen LogP contribution in [0.25, 0.3) is 0 Å². The summed E-state index contributed by atoms with van der Waals surface area (Å²) in [5.74, 6) is 0.0736. The molecule has 33 heavy (non-hydrogen) atoms. The fraction of sp³-hybridized carbons (Fsp3) is 0.261. The molecule has 168 valence electrons. The molecule has 10 heteroatoms. The van der Waals surface area contributed by atoms with Crippen LogP contribution in [0.5, 0.6) is 0 Å². The Balaban J connectivity index is 1.28. The molecule has 1 unspecified atom stereocenters. The number of benzene rings is 2. The van der Waals surface area contributed by atoms with E-state index in [9.17, 15) is 14.4 Å². The lowest BCUT2D eigenvalue weighted by Crippen LogP contribution is -2.63. The van der Waals surface area contributed by atoms with E-state index in [1.165, 1.54) is 21.8 Å². The summed E-state index contributed by atoms with van der Waals surface area (Å²) in [6.45, 7) is 1.65. The molecule has 3 heterocycles. The highest BCUT2D eigenvalue weighted by Crippen LogP contribution is 2.43. The number of nitrogens with zero attached hydrogens (tertiary/aromatic N) is 4. The van der Waals surface area contributed by atoms with Gasteiger partial charge in [0.25, 0.3) is 5.91 Å². The van der Waals surface area contributed by atoms with E-state index in [0.717, 1.165) is 10.1 Å². The third kappa shape index (κ3) is 4.00. The number of aromatic nitrogens is 2. The average molecular weight is 480 g/mol. The van der Waals surface area contributed by atoms with E-state index in [-0.39, 0.29) is 24.3 Å². The topological polar surface area (TPSA) is 95.5 Å². The van der Waals surface area contributed by atoms with E-state index in [4.69, 9.17) is 0 Å². The summed E-state index contributed by atoms with van der Waals surface area (Å²) in [7, 11) is 0. The maximum Gasteiger partial charge on any atom is 0.258 e. The second kappa shape index (κ2) is 8.60. The van der Waals surface area contributed by atoms with Crippen LogP contribution in [0.2, 0.25) is 0 Å². The van der Waals surface area contributed by atoms with Gasteiger partial charge in [0.15, 0.2) is 4.34 Å². The summed E-state index contributed by atoms with van der Waals surface area (Å²) in [6, 6.07) is 17.1. The molecule has 1 N–H and O–H groups in total. The van der Waals surface area contributed by atoms with Gasteiger partial charge < -0.3 is 4.90 Å². The molecule has 2 aliphatic heterocycles. The van der Waals surface area contributed by atoms with Crippen molar-refractivity contribution in [1.29, 1.82) is 0 Å². The molecule has 0 bridgehead atoms. The van der Waals surface area contributed by atoms with Crippen molar-refractivity contribution in [3.63, 3.8) is 0 Å². The Labute approximate surface area is 199 Å². The van der Waals surface area contributed by atoms with Crippen molar-refractivity contribution in [3.8, 4) is 0 Å². The maximum absolute atomic E-state index is 13.3. The van der Waals surface area contributed by atoms with Crippen molar-refractivity contribution in [2.75, 3.05) is 16.8 Å². The first-order valence-electron chi connectivity index (χ1n) is 10.5. The molecule has 3 aromatic rings. The number of anilines is 2. The molecular formula is C23H21N5O3S2. The number of carbonyl (C=O) groups excluding carboxylic acids is 3. The van der Waals surface area contributed by atoms with Crippen LogP contribution in [0.3, 0.4) is 0 Å². The smallest absolute Gasteiger partial charge is 0.258 e. The van der Waals surface area contributed by atoms with Crippen molar-refractivity contribution in [2.45, 2.75) is 35.5 Å². The summed E-state index contributed by atoms with van der Waals surface area (Å²) in [5.41, 5.74) is 1.33. The van der Waals surface area contributed by atoms with Crippen LogP contribution < -0.4 is 10.2 Å². The van der Waals surface area contributed by atoms with E-state index < -0.39 is 5.66 Å². The number of amides is 3. The molecule has 0 aliphatic carbocycles. The van der Waals surface area contributed by atoms with Crippen LogP contribution in [-0.4, -0.2) is 45.0 Å². The molecule has 1 saturated heterocycles. The van der Waals surface area contributed by atoms with Crippen molar-refractivity contribution >= 4 is 51.6 Å². The summed E-state index contributed by atoms with van der Waals surface area (Å²) in [4.78, 5) is 41.9. The minimum absolute atomic E-state index is 0.0490. The zero-order chi connectivity index (χ0) is 23.0. The molecule has 2 aromatic carbocycles. The van der Waals surface area contributed by atoms with Gasteiger partial charge in [-0.2, -0.15) is 0 Å². The molecule has 0 saturated carbocycles. The quantitative estimate of drug-likeness (QED) is 0.427. The molecule has 1 aromatic heterocycles. The van der Waals surface area contributed by atoms with E-state index in [1.54, 1.807) is 34.9 Å². The monoisotopic (exact) mass is 479 g/mol. The number of hydrogen-bond donors (Lipinski definition) is 1. The molecule has 1 fully saturated rings. The Kier molecular flexibility index (Phi) is 5.63. The van der Waals surface area contributed by atoms with Gasteiger partial charge in [0.1, 0.15) is 12.2 Å². The van der Waals surface area contributed by atoms with Gasteiger partial charge in [-0.1, -0.05) is 65.6 Å². The molecule has 0 radical (unpaired) electrons. The number of carbonyl (C=O) groups is 3. The second-order valence-electron chi connectivity index (χ2n) is 8.05. The fourth-order valence-electron chi connectivity index (χ4n) is 4.28. The molecule has 0 spiro atoms. The lowest BCUT2D eigenvalue weighted by molar-refractivity contribution is -0.120. The first kappa shape index (κ1) is 21.6. The second-order valence-corrected chi connectivity index (χ2v) is 10.3. The Morgan fingerprint density at radius 1 is 1.12 bits per heavy atom. The van der Waals surface area contributed by atoms with Crippen LogP contribution in [0.1, 0.15) is 35.7 Å². The standard InChI is InChI=1S/C23H21N5O3S2/c1-23-12-11-19(30)28(23)17-10-6-5-9-16(17)20(31)27(23)13-18(29)24-21-25-26-22(33-21)32-14-15-7-3-2-4-8-15/h2-10H,11-14H2,1H3,(H,24,25,29). The van der Waals surface area contributed by atoms with Gasteiger partial charge >= 0.3 is 0 Å². The van der Waals surface area contributed by atoms with Crippen LogP contribution in [0.15, 0.2) is 58.9 Å². The van der Waals surface area contributed by atoms with Gasteiger partial charge in [0.2, 0.25) is 16.9 Å². The van der Waals surface area contributed by atoms with Crippen molar-refractivity contribution < 1.29 is 14.4 Å². The zero-order valence-electron chi connectivity index (χ0n) is 17.9. The summed E-state index contributed by atoms with van der Waals surface area (Å²) < 4.78 is 0.747. The highest BCUT2D eigenvalue weighted by Gasteiger charge is 2.53. The van der Waals surface area contributed by atoms with Gasteiger partial charge in [-0.15, -0.1) is 10.2 Å². The van der Waals surface area contributed by atoms with Gasteiger partial charge in [0, 0.05) is 12.2 Å². The lowest BCUT2D eigenvalue weighted by atomic mass is 9.98. The average Bonchev–Trinajstić information content (AvgIpc) is 3.40. The first-order chi connectivity index (χ1) is 16.0. The van der Waals surface area contributed by atoms with Crippen LogP contribution in [-0.2, 0) is 15.3 Å². The highest BCUT2D eigenvalue weighted by atomic mass is 32.2. The molecule has 5 rings (SSSR count). The third-order valence-corrected chi connectivity index (χ3v) is 7.95. The summed E-state index contributed by atoms with van der Waals surface area (Å²) in [6.07, 6.45) is 0.799. The maximum atomic E-state index is 13.3. The Morgan fingerprint density at radius 3 is 2.70 bits per heavy atom. The van der Waals surface area contributed by atoms with Gasteiger partial charge in [-0.3, -0.25) is 24.6 Å². The van der Waals surface area contributed by atoms with E-state index in [2.05, 4.69) is 15.5 Å². The van der Waals surface area contributed by atoms with E-state index in [1.807, 2.05) is 43.3 Å². The third-order valence-electron chi connectivity index (χ3n) is 5.91. The minimum atomic E-state index is -0.877. The SMILES string of the molecule is CC12CCC(=O)N1c1ccccc1C(=O)N2CC(=O)Nc1nnc(SCc2ccccc2)s1. The Hall–Kier alpha value is -3.24. The predicted molar refractivity (Wildman–Crippen MR) is 127 cm³/mol. The van der Waals surface area contributed by atoms with Gasteiger partial charge in [0.05, 0.1) is 11.3 Å². The number of para-hydroxylation sites is 1. The van der Waals surface area contributed by atoms with Crippen molar-refractivity contribution in [3.05, 3.63) is 65.7 Å². The summed E-state index contributed by atoms with van der Waals surface area (Å²) >= 11 is 2.84. The van der Waals surface area contributed by atoms with Crippen LogP contribution in [0.4, 0.5) is 10.8 Å². The Morgan fingerprint density at radius 2 is 1.88 bits per heavy atom. The Bertz CT molecular complexity index is 1230. The van der Waals surface area contributed by atoms with Crippen LogP contribution in [0, 0.1) is 0 Å².